The van der Waals surface area contributed by atoms with E-state index in [2.05, 4.69) is 5.32 Å². The van der Waals surface area contributed by atoms with Gasteiger partial charge in [0.1, 0.15) is 0 Å². The second-order valence-corrected chi connectivity index (χ2v) is 10.8. The van der Waals surface area contributed by atoms with Gasteiger partial charge in [0, 0.05) is 34.6 Å². The average Bonchev–Trinajstić information content (AvgIpc) is 2.74. The molecule has 0 radical (unpaired) electrons. The van der Waals surface area contributed by atoms with Gasteiger partial charge in [0.15, 0.2) is 0 Å². The molecule has 30 heavy (non-hydrogen) atoms. The Morgan fingerprint density at radius 1 is 1.17 bits per heavy atom. The molecule has 0 aliphatic carbocycles. The van der Waals surface area contributed by atoms with E-state index >= 15 is 0 Å². The molecule has 0 spiro atoms. The van der Waals surface area contributed by atoms with Gasteiger partial charge in [0.05, 0.1) is 23.4 Å². The molecule has 1 aliphatic heterocycles. The molecule has 0 saturated carbocycles. The lowest BCUT2D eigenvalue weighted by molar-refractivity contribution is -0.115. The lowest BCUT2D eigenvalue weighted by Gasteiger charge is -2.26. The van der Waals surface area contributed by atoms with E-state index in [1.807, 2.05) is 0 Å². The van der Waals surface area contributed by atoms with Crippen LogP contribution < -0.4 is 5.32 Å². The molecule has 1 saturated heterocycles. The summed E-state index contributed by atoms with van der Waals surface area (Å²) in [7, 11) is -3.63. The molecule has 0 bridgehead atoms. The minimum atomic E-state index is -3.63. The molecule has 3 rings (SSSR count). The number of hydrogen-bond acceptors (Lipinski definition) is 5. The molecule has 162 valence electrons. The molecule has 2 aromatic carbocycles. The van der Waals surface area contributed by atoms with Gasteiger partial charge in [-0.1, -0.05) is 35.3 Å². The van der Waals surface area contributed by atoms with Crippen molar-refractivity contribution in [2.45, 2.75) is 22.8 Å². The number of sulfonamides is 1. The van der Waals surface area contributed by atoms with Gasteiger partial charge < -0.3 is 10.1 Å². The Bertz CT molecular complexity index is 991. The van der Waals surface area contributed by atoms with Crippen molar-refractivity contribution in [1.29, 1.82) is 0 Å². The SMILES string of the molecule is CC(SCc1c(Cl)cccc1Cl)C(=O)Nc1cccc(S(=O)(=O)N2CCOCC2)c1. The number of carbonyl (C=O) groups is 1. The van der Waals surface area contributed by atoms with Gasteiger partial charge >= 0.3 is 0 Å². The monoisotopic (exact) mass is 488 g/mol. The average molecular weight is 489 g/mol. The van der Waals surface area contributed by atoms with E-state index < -0.39 is 15.3 Å². The van der Waals surface area contributed by atoms with Crippen molar-refractivity contribution in [2.24, 2.45) is 0 Å². The highest BCUT2D eigenvalue weighted by atomic mass is 35.5. The lowest BCUT2D eigenvalue weighted by atomic mass is 10.2. The van der Waals surface area contributed by atoms with Crippen LogP contribution in [0.5, 0.6) is 0 Å². The Morgan fingerprint density at radius 3 is 2.47 bits per heavy atom. The Morgan fingerprint density at radius 2 is 1.80 bits per heavy atom. The molecule has 10 heteroatoms. The van der Waals surface area contributed by atoms with Crippen molar-refractivity contribution in [3.63, 3.8) is 0 Å². The van der Waals surface area contributed by atoms with E-state index in [9.17, 15) is 13.2 Å². The van der Waals surface area contributed by atoms with E-state index in [-0.39, 0.29) is 10.8 Å². The van der Waals surface area contributed by atoms with Crippen LogP contribution in [0.15, 0.2) is 47.4 Å². The van der Waals surface area contributed by atoms with E-state index in [0.29, 0.717) is 47.8 Å². The van der Waals surface area contributed by atoms with Gasteiger partial charge in [0.25, 0.3) is 0 Å². The highest BCUT2D eigenvalue weighted by molar-refractivity contribution is 7.99. The topological polar surface area (TPSA) is 75.7 Å². The van der Waals surface area contributed by atoms with E-state index in [4.69, 9.17) is 27.9 Å². The number of amides is 1. The van der Waals surface area contributed by atoms with Crippen molar-refractivity contribution < 1.29 is 17.9 Å². The van der Waals surface area contributed by atoms with Gasteiger partial charge in [-0.25, -0.2) is 8.42 Å². The normalized spacial score (nSPS) is 16.2. The molecule has 1 unspecified atom stereocenters. The summed E-state index contributed by atoms with van der Waals surface area (Å²) in [5.74, 6) is 0.252. The Kier molecular flexibility index (Phi) is 8.06. The third kappa shape index (κ3) is 5.69. The van der Waals surface area contributed by atoms with Crippen LogP contribution in [-0.2, 0) is 25.3 Å². The van der Waals surface area contributed by atoms with Gasteiger partial charge in [-0.2, -0.15) is 4.31 Å². The maximum atomic E-state index is 12.8. The van der Waals surface area contributed by atoms with Crippen molar-refractivity contribution in [3.8, 4) is 0 Å². The summed E-state index contributed by atoms with van der Waals surface area (Å²) >= 11 is 13.8. The summed E-state index contributed by atoms with van der Waals surface area (Å²) in [6.07, 6.45) is 0. The van der Waals surface area contributed by atoms with Crippen molar-refractivity contribution in [3.05, 3.63) is 58.1 Å². The number of rotatable bonds is 7. The summed E-state index contributed by atoms with van der Waals surface area (Å²) in [5, 5.41) is 3.52. The molecular formula is C20H22Cl2N2O4S2. The van der Waals surface area contributed by atoms with Crippen LogP contribution in [0.1, 0.15) is 12.5 Å². The number of thioether (sulfide) groups is 1. The minimum Gasteiger partial charge on any atom is -0.379 e. The van der Waals surface area contributed by atoms with E-state index in [1.165, 1.54) is 28.2 Å². The van der Waals surface area contributed by atoms with Gasteiger partial charge in [-0.3, -0.25) is 4.79 Å². The fraction of sp³-hybridized carbons (Fsp3) is 0.350. The maximum Gasteiger partial charge on any atom is 0.243 e. The fourth-order valence-electron chi connectivity index (χ4n) is 2.87. The number of benzene rings is 2. The third-order valence-electron chi connectivity index (χ3n) is 4.62. The van der Waals surface area contributed by atoms with Crippen molar-refractivity contribution >= 4 is 56.6 Å². The number of carbonyl (C=O) groups excluding carboxylic acids is 1. The molecule has 1 aliphatic rings. The maximum absolute atomic E-state index is 12.8. The first-order valence-electron chi connectivity index (χ1n) is 9.32. The summed E-state index contributed by atoms with van der Waals surface area (Å²) in [4.78, 5) is 12.7. The Hall–Kier alpha value is -1.29. The van der Waals surface area contributed by atoms with E-state index in [1.54, 1.807) is 37.3 Å². The predicted octanol–water partition coefficient (Wildman–Crippen LogP) is 4.27. The van der Waals surface area contributed by atoms with Gasteiger partial charge in [-0.05, 0) is 42.8 Å². The van der Waals surface area contributed by atoms with Crippen molar-refractivity contribution in [1.82, 2.24) is 4.31 Å². The predicted molar refractivity (Wildman–Crippen MR) is 122 cm³/mol. The molecule has 1 atom stereocenters. The molecular weight excluding hydrogens is 467 g/mol. The summed E-state index contributed by atoms with van der Waals surface area (Å²) in [6.45, 7) is 3.16. The number of morpholine rings is 1. The van der Waals surface area contributed by atoms with Gasteiger partial charge in [-0.15, -0.1) is 11.8 Å². The largest absolute Gasteiger partial charge is 0.379 e. The van der Waals surface area contributed by atoms with Crippen LogP contribution in [0.3, 0.4) is 0 Å². The number of anilines is 1. The molecule has 2 aromatic rings. The molecule has 1 fully saturated rings. The minimum absolute atomic E-state index is 0.144. The number of hydrogen-bond donors (Lipinski definition) is 1. The zero-order chi connectivity index (χ0) is 21.7. The van der Waals surface area contributed by atoms with E-state index in [0.717, 1.165) is 5.56 Å². The smallest absolute Gasteiger partial charge is 0.243 e. The summed E-state index contributed by atoms with van der Waals surface area (Å²) < 4.78 is 32.2. The highest BCUT2D eigenvalue weighted by Crippen LogP contribution is 2.30. The lowest BCUT2D eigenvalue weighted by Crippen LogP contribution is -2.40. The van der Waals surface area contributed by atoms with Crippen molar-refractivity contribution in [2.75, 3.05) is 31.6 Å². The fourth-order valence-corrected chi connectivity index (χ4v) is 5.95. The first kappa shape index (κ1) is 23.4. The zero-order valence-electron chi connectivity index (χ0n) is 16.3. The van der Waals surface area contributed by atoms with Crippen LogP contribution >= 0.6 is 35.0 Å². The second-order valence-electron chi connectivity index (χ2n) is 6.69. The quantitative estimate of drug-likeness (QED) is 0.629. The van der Waals surface area contributed by atoms with Crippen LogP contribution in [-0.4, -0.2) is 50.2 Å². The first-order valence-corrected chi connectivity index (χ1v) is 12.6. The summed E-state index contributed by atoms with van der Waals surface area (Å²) in [5.41, 5.74) is 1.21. The molecule has 6 nitrogen and oxygen atoms in total. The Labute approximate surface area is 190 Å². The first-order chi connectivity index (χ1) is 14.3. The molecule has 1 N–H and O–H groups in total. The number of nitrogens with zero attached hydrogens (tertiary/aromatic N) is 1. The zero-order valence-corrected chi connectivity index (χ0v) is 19.5. The van der Waals surface area contributed by atoms with Gasteiger partial charge in [0.2, 0.25) is 15.9 Å². The molecule has 0 aromatic heterocycles. The van der Waals surface area contributed by atoms with Crippen LogP contribution in [0.25, 0.3) is 0 Å². The number of nitrogens with one attached hydrogen (secondary N) is 1. The number of ether oxygens (including phenoxy) is 1. The second kappa shape index (κ2) is 10.3. The van der Waals surface area contributed by atoms with Crippen LogP contribution in [0.4, 0.5) is 5.69 Å². The standard InChI is InChI=1S/C20H22Cl2N2O4S2/c1-14(29-13-17-18(21)6-3-7-19(17)22)20(25)23-15-4-2-5-16(12-15)30(26,27)24-8-10-28-11-9-24/h2-7,12,14H,8-11,13H2,1H3,(H,23,25). The highest BCUT2D eigenvalue weighted by Gasteiger charge is 2.26. The Balaban J connectivity index is 1.64. The molecule has 1 amide bonds. The summed E-state index contributed by atoms with van der Waals surface area (Å²) in [6, 6.07) is 11.6. The number of halogens is 2. The molecule has 1 heterocycles. The third-order valence-corrected chi connectivity index (χ3v) is 8.39. The van der Waals surface area contributed by atoms with Crippen LogP contribution in [0, 0.1) is 0 Å². The van der Waals surface area contributed by atoms with Crippen LogP contribution in [0.2, 0.25) is 10.0 Å².